The largest absolute Gasteiger partial charge is 0.455 e. The summed E-state index contributed by atoms with van der Waals surface area (Å²) in [5.41, 5.74) is 0.528. The van der Waals surface area contributed by atoms with Crippen LogP contribution >= 0.6 is 0 Å². The zero-order valence-corrected chi connectivity index (χ0v) is 15.0. The monoisotopic (exact) mass is 373 g/mol. The first kappa shape index (κ1) is 19.1. The SMILES string of the molecule is O=C(NCCN1CCC(O)CC1)Nc1ccccc1Oc1ccc(F)cc1. The third-order valence-corrected chi connectivity index (χ3v) is 4.45. The van der Waals surface area contributed by atoms with Crippen molar-refractivity contribution in [2.24, 2.45) is 0 Å². The number of benzene rings is 2. The number of nitrogens with zero attached hydrogens (tertiary/aromatic N) is 1. The molecule has 0 aliphatic carbocycles. The molecule has 0 saturated carbocycles. The molecule has 1 saturated heterocycles. The summed E-state index contributed by atoms with van der Waals surface area (Å²) in [6, 6.07) is 12.4. The van der Waals surface area contributed by atoms with Crippen molar-refractivity contribution >= 4 is 11.7 Å². The third-order valence-electron chi connectivity index (χ3n) is 4.45. The second-order valence-corrected chi connectivity index (χ2v) is 6.51. The molecular formula is C20H24FN3O3. The Morgan fingerprint density at radius 1 is 1.15 bits per heavy atom. The zero-order valence-electron chi connectivity index (χ0n) is 15.0. The average molecular weight is 373 g/mol. The number of aliphatic hydroxyl groups is 1. The van der Waals surface area contributed by atoms with Gasteiger partial charge in [0.15, 0.2) is 5.75 Å². The molecule has 1 aliphatic rings. The molecule has 1 fully saturated rings. The zero-order chi connectivity index (χ0) is 19.1. The van der Waals surface area contributed by atoms with Gasteiger partial charge in [0.05, 0.1) is 11.8 Å². The van der Waals surface area contributed by atoms with Gasteiger partial charge in [0.1, 0.15) is 11.6 Å². The molecule has 0 radical (unpaired) electrons. The van der Waals surface area contributed by atoms with Crippen LogP contribution in [0.3, 0.4) is 0 Å². The van der Waals surface area contributed by atoms with E-state index in [4.69, 9.17) is 4.74 Å². The highest BCUT2D eigenvalue weighted by atomic mass is 19.1. The van der Waals surface area contributed by atoms with Gasteiger partial charge in [0.2, 0.25) is 0 Å². The number of amides is 2. The van der Waals surface area contributed by atoms with Crippen molar-refractivity contribution in [2.45, 2.75) is 18.9 Å². The molecule has 0 bridgehead atoms. The van der Waals surface area contributed by atoms with Crippen LogP contribution in [0.1, 0.15) is 12.8 Å². The van der Waals surface area contributed by atoms with Gasteiger partial charge in [-0.15, -0.1) is 0 Å². The van der Waals surface area contributed by atoms with Gasteiger partial charge >= 0.3 is 6.03 Å². The van der Waals surface area contributed by atoms with Crippen molar-refractivity contribution in [1.29, 1.82) is 0 Å². The molecule has 1 heterocycles. The number of anilines is 1. The Bertz CT molecular complexity index is 746. The van der Waals surface area contributed by atoms with Gasteiger partial charge in [-0.1, -0.05) is 12.1 Å². The Morgan fingerprint density at radius 3 is 2.59 bits per heavy atom. The number of para-hydroxylation sites is 2. The number of urea groups is 1. The Labute approximate surface area is 157 Å². The number of piperidine rings is 1. The number of likely N-dealkylation sites (tertiary alicyclic amines) is 1. The number of carbonyl (C=O) groups excluding carboxylic acids is 1. The molecule has 1 aliphatic heterocycles. The van der Waals surface area contributed by atoms with Gasteiger partial charge in [-0.2, -0.15) is 0 Å². The number of carbonyl (C=O) groups is 1. The lowest BCUT2D eigenvalue weighted by Crippen LogP contribution is -2.41. The van der Waals surface area contributed by atoms with E-state index in [9.17, 15) is 14.3 Å². The minimum absolute atomic E-state index is 0.199. The minimum atomic E-state index is -0.337. The van der Waals surface area contributed by atoms with Crippen LogP contribution in [0.5, 0.6) is 11.5 Å². The Hall–Kier alpha value is -2.64. The quantitative estimate of drug-likeness (QED) is 0.727. The van der Waals surface area contributed by atoms with Gasteiger partial charge in [0.25, 0.3) is 0 Å². The smallest absolute Gasteiger partial charge is 0.319 e. The molecule has 3 rings (SSSR count). The number of ether oxygens (including phenoxy) is 1. The van der Waals surface area contributed by atoms with Crippen molar-refractivity contribution in [1.82, 2.24) is 10.2 Å². The Balaban J connectivity index is 1.49. The molecule has 7 heteroatoms. The van der Waals surface area contributed by atoms with Gasteiger partial charge in [-0.25, -0.2) is 9.18 Å². The maximum absolute atomic E-state index is 13.0. The summed E-state index contributed by atoms with van der Waals surface area (Å²) < 4.78 is 18.7. The van der Waals surface area contributed by atoms with Crippen LogP contribution in [-0.2, 0) is 0 Å². The molecule has 3 N–H and O–H groups in total. The van der Waals surface area contributed by atoms with Gasteiger partial charge in [-0.3, -0.25) is 0 Å². The van der Waals surface area contributed by atoms with E-state index in [2.05, 4.69) is 15.5 Å². The molecule has 0 spiro atoms. The summed E-state index contributed by atoms with van der Waals surface area (Å²) in [4.78, 5) is 14.4. The van der Waals surface area contributed by atoms with Crippen molar-refractivity contribution < 1.29 is 19.0 Å². The number of hydrogen-bond acceptors (Lipinski definition) is 4. The summed E-state index contributed by atoms with van der Waals surface area (Å²) in [5.74, 6) is 0.624. The molecule has 6 nitrogen and oxygen atoms in total. The van der Waals surface area contributed by atoms with E-state index in [0.29, 0.717) is 23.7 Å². The molecule has 2 amide bonds. The highest BCUT2D eigenvalue weighted by molar-refractivity contribution is 5.90. The van der Waals surface area contributed by atoms with Crippen molar-refractivity contribution in [3.63, 3.8) is 0 Å². The number of hydrogen-bond donors (Lipinski definition) is 3. The first-order chi connectivity index (χ1) is 13.1. The predicted molar refractivity (Wildman–Crippen MR) is 102 cm³/mol. The highest BCUT2D eigenvalue weighted by Crippen LogP contribution is 2.29. The first-order valence-corrected chi connectivity index (χ1v) is 9.08. The molecule has 0 atom stereocenters. The highest BCUT2D eigenvalue weighted by Gasteiger charge is 2.16. The predicted octanol–water partition coefficient (Wildman–Crippen LogP) is 3.20. The van der Waals surface area contributed by atoms with E-state index in [1.807, 2.05) is 0 Å². The number of aliphatic hydroxyl groups excluding tert-OH is 1. The topological polar surface area (TPSA) is 73.8 Å². The molecule has 2 aromatic carbocycles. The van der Waals surface area contributed by atoms with Gasteiger partial charge < -0.3 is 25.4 Å². The second-order valence-electron chi connectivity index (χ2n) is 6.51. The molecule has 27 heavy (non-hydrogen) atoms. The van der Waals surface area contributed by atoms with Crippen LogP contribution in [0.2, 0.25) is 0 Å². The van der Waals surface area contributed by atoms with Gasteiger partial charge in [-0.05, 0) is 49.2 Å². The summed E-state index contributed by atoms with van der Waals surface area (Å²) in [5, 5.41) is 15.1. The fourth-order valence-electron chi connectivity index (χ4n) is 2.93. The Morgan fingerprint density at radius 2 is 1.85 bits per heavy atom. The number of nitrogens with one attached hydrogen (secondary N) is 2. The van der Waals surface area contributed by atoms with Crippen molar-refractivity contribution in [3.8, 4) is 11.5 Å². The maximum atomic E-state index is 13.0. The van der Waals surface area contributed by atoms with Crippen LogP contribution in [-0.4, -0.2) is 48.3 Å². The van der Waals surface area contributed by atoms with Crippen LogP contribution in [0.4, 0.5) is 14.9 Å². The lowest BCUT2D eigenvalue weighted by atomic mass is 10.1. The minimum Gasteiger partial charge on any atom is -0.455 e. The number of rotatable bonds is 6. The van der Waals surface area contributed by atoms with E-state index in [0.717, 1.165) is 32.5 Å². The standard InChI is InChI=1S/C20H24FN3O3/c21-15-5-7-17(8-6-15)27-19-4-2-1-3-18(19)23-20(26)22-11-14-24-12-9-16(25)10-13-24/h1-8,16,25H,9-14H2,(H2,22,23,26). The molecule has 0 unspecified atom stereocenters. The molecular weight excluding hydrogens is 349 g/mol. The lowest BCUT2D eigenvalue weighted by Gasteiger charge is -2.29. The van der Waals surface area contributed by atoms with Crippen molar-refractivity contribution in [3.05, 3.63) is 54.3 Å². The molecule has 0 aromatic heterocycles. The van der Waals surface area contributed by atoms with Crippen LogP contribution in [0.15, 0.2) is 48.5 Å². The number of halogens is 1. The first-order valence-electron chi connectivity index (χ1n) is 9.08. The third kappa shape index (κ3) is 5.94. The summed E-state index contributed by atoms with van der Waals surface area (Å²) in [6.07, 6.45) is 1.36. The molecule has 144 valence electrons. The fraction of sp³-hybridized carbons (Fsp3) is 0.350. The van der Waals surface area contributed by atoms with Crippen LogP contribution in [0.25, 0.3) is 0 Å². The van der Waals surface area contributed by atoms with Crippen LogP contribution in [0, 0.1) is 5.82 Å². The molecule has 2 aromatic rings. The van der Waals surface area contributed by atoms with Crippen LogP contribution < -0.4 is 15.4 Å². The average Bonchev–Trinajstić information content (AvgIpc) is 2.67. The summed E-state index contributed by atoms with van der Waals surface area (Å²) in [7, 11) is 0. The maximum Gasteiger partial charge on any atom is 0.319 e. The Kier molecular flexibility index (Phi) is 6.62. The fourth-order valence-corrected chi connectivity index (χ4v) is 2.93. The summed E-state index contributed by atoms with van der Waals surface area (Å²) in [6.45, 7) is 2.95. The van der Waals surface area contributed by atoms with E-state index in [1.165, 1.54) is 24.3 Å². The lowest BCUT2D eigenvalue weighted by molar-refractivity contribution is 0.0833. The van der Waals surface area contributed by atoms with E-state index in [1.54, 1.807) is 24.3 Å². The van der Waals surface area contributed by atoms with E-state index >= 15 is 0 Å². The second kappa shape index (κ2) is 9.34. The normalized spacial score (nSPS) is 15.3. The summed E-state index contributed by atoms with van der Waals surface area (Å²) >= 11 is 0. The van der Waals surface area contributed by atoms with Crippen molar-refractivity contribution in [2.75, 3.05) is 31.5 Å². The van der Waals surface area contributed by atoms with Gasteiger partial charge in [0, 0.05) is 26.2 Å². The van der Waals surface area contributed by atoms with E-state index in [-0.39, 0.29) is 18.0 Å². The van der Waals surface area contributed by atoms with E-state index < -0.39 is 0 Å².